The van der Waals surface area contributed by atoms with Crippen LogP contribution in [0.4, 0.5) is 0 Å². The van der Waals surface area contributed by atoms with Crippen LogP contribution in [0.25, 0.3) is 0 Å². The fraction of sp³-hybridized carbons (Fsp3) is 0.562. The summed E-state index contributed by atoms with van der Waals surface area (Å²) in [6.07, 6.45) is 0.482. The molecule has 24 heavy (non-hydrogen) atoms. The lowest BCUT2D eigenvalue weighted by molar-refractivity contribution is 0.0595. The summed E-state index contributed by atoms with van der Waals surface area (Å²) in [6, 6.07) is 3.00. The Kier molecular flexibility index (Phi) is 4.54. The van der Waals surface area contributed by atoms with Gasteiger partial charge in [-0.1, -0.05) is 0 Å². The minimum absolute atomic E-state index is 0.0926. The summed E-state index contributed by atoms with van der Waals surface area (Å²) in [6.45, 7) is 4.14. The molecule has 2 aliphatic rings. The molecular weight excluding hydrogens is 332 g/mol. The average molecular weight is 354 g/mol. The molecule has 7 nitrogen and oxygen atoms in total. The van der Waals surface area contributed by atoms with E-state index < -0.39 is 16.0 Å². The Balaban J connectivity index is 2.02. The van der Waals surface area contributed by atoms with Crippen LogP contribution < -0.4 is 4.74 Å². The fourth-order valence-corrected chi connectivity index (χ4v) is 4.59. The Hall–Kier alpha value is -1.64. The summed E-state index contributed by atoms with van der Waals surface area (Å²) < 4.78 is 37.8. The van der Waals surface area contributed by atoms with Crippen molar-refractivity contribution in [3.63, 3.8) is 0 Å². The molecule has 132 valence electrons. The molecule has 2 heterocycles. The van der Waals surface area contributed by atoms with E-state index in [0.717, 1.165) is 5.56 Å². The van der Waals surface area contributed by atoms with Crippen molar-refractivity contribution < 1.29 is 22.7 Å². The topological polar surface area (TPSA) is 76.2 Å². The molecule has 0 aliphatic carbocycles. The fourth-order valence-electron chi connectivity index (χ4n) is 3.09. The predicted molar refractivity (Wildman–Crippen MR) is 87.8 cm³/mol. The summed E-state index contributed by atoms with van der Waals surface area (Å²) in [4.78, 5) is 14.3. The van der Waals surface area contributed by atoms with E-state index in [4.69, 9.17) is 9.47 Å². The number of hydrogen-bond acceptors (Lipinski definition) is 6. The zero-order valence-electron chi connectivity index (χ0n) is 14.1. The largest absolute Gasteiger partial charge is 0.489 e. The van der Waals surface area contributed by atoms with Gasteiger partial charge in [0.1, 0.15) is 17.4 Å². The number of carbonyl (C=O) groups excluding carboxylic acids is 1. The molecule has 0 aromatic heterocycles. The van der Waals surface area contributed by atoms with Gasteiger partial charge in [0.05, 0.1) is 12.0 Å². The number of benzene rings is 1. The van der Waals surface area contributed by atoms with Crippen molar-refractivity contribution in [2.75, 3.05) is 40.3 Å². The van der Waals surface area contributed by atoms with Crippen molar-refractivity contribution in [2.24, 2.45) is 0 Å². The first kappa shape index (κ1) is 17.2. The normalized spacial score (nSPS) is 22.0. The lowest BCUT2D eigenvalue weighted by Gasteiger charge is -2.31. The van der Waals surface area contributed by atoms with Crippen molar-refractivity contribution in [2.45, 2.75) is 24.3 Å². The molecule has 1 atom stereocenters. The molecule has 1 aromatic carbocycles. The number of hydrogen-bond donors (Lipinski definition) is 0. The molecule has 0 saturated carbocycles. The van der Waals surface area contributed by atoms with Crippen LogP contribution in [0.15, 0.2) is 17.0 Å². The van der Waals surface area contributed by atoms with Crippen LogP contribution in [-0.2, 0) is 21.2 Å². The third-order valence-corrected chi connectivity index (χ3v) is 6.35. The zero-order valence-corrected chi connectivity index (χ0v) is 14.9. The molecule has 0 amide bonds. The first-order chi connectivity index (χ1) is 11.3. The third-order valence-electron chi connectivity index (χ3n) is 4.47. The Labute approximate surface area is 142 Å². The number of esters is 1. The van der Waals surface area contributed by atoms with Gasteiger partial charge in [-0.15, -0.1) is 0 Å². The molecular formula is C16H22N2O5S. The number of carbonyl (C=O) groups is 1. The van der Waals surface area contributed by atoms with Gasteiger partial charge in [0.2, 0.25) is 10.0 Å². The molecule has 0 unspecified atom stereocenters. The number of ether oxygens (including phenoxy) is 2. The van der Waals surface area contributed by atoms with Crippen LogP contribution >= 0.6 is 0 Å². The molecule has 0 bridgehead atoms. The van der Waals surface area contributed by atoms with Crippen LogP contribution in [0.5, 0.6) is 5.75 Å². The van der Waals surface area contributed by atoms with Gasteiger partial charge in [-0.05, 0) is 26.1 Å². The van der Waals surface area contributed by atoms with Gasteiger partial charge in [0.15, 0.2) is 0 Å². The number of rotatable bonds is 3. The van der Waals surface area contributed by atoms with Crippen LogP contribution in [0, 0.1) is 0 Å². The van der Waals surface area contributed by atoms with E-state index >= 15 is 0 Å². The monoisotopic (exact) mass is 354 g/mol. The zero-order chi connectivity index (χ0) is 17.5. The van der Waals surface area contributed by atoms with Crippen molar-refractivity contribution in [1.82, 2.24) is 9.21 Å². The second-order valence-electron chi connectivity index (χ2n) is 6.29. The van der Waals surface area contributed by atoms with Crippen molar-refractivity contribution >= 4 is 16.0 Å². The number of likely N-dealkylation sites (N-methyl/N-ethyl adjacent to an activating group) is 1. The SMILES string of the molecule is COC(=O)c1cc(S(=O)(=O)N2CCN(C)CC2)cc2c1O[C@@H](C)C2. The average Bonchev–Trinajstić information content (AvgIpc) is 2.93. The van der Waals surface area contributed by atoms with E-state index in [-0.39, 0.29) is 16.6 Å². The molecule has 1 saturated heterocycles. The van der Waals surface area contributed by atoms with Gasteiger partial charge in [-0.3, -0.25) is 0 Å². The van der Waals surface area contributed by atoms with Gasteiger partial charge >= 0.3 is 5.97 Å². The number of sulfonamides is 1. The number of methoxy groups -OCH3 is 1. The minimum atomic E-state index is -3.65. The molecule has 0 N–H and O–H groups in total. The Bertz CT molecular complexity index is 754. The lowest BCUT2D eigenvalue weighted by Crippen LogP contribution is -2.47. The Morgan fingerprint density at radius 1 is 1.25 bits per heavy atom. The number of piperazine rings is 1. The first-order valence-electron chi connectivity index (χ1n) is 7.93. The van der Waals surface area contributed by atoms with Crippen molar-refractivity contribution in [3.05, 3.63) is 23.3 Å². The van der Waals surface area contributed by atoms with Crippen molar-refractivity contribution in [1.29, 1.82) is 0 Å². The van der Waals surface area contributed by atoms with Crippen LogP contribution in [0.1, 0.15) is 22.8 Å². The second kappa shape index (κ2) is 6.34. The van der Waals surface area contributed by atoms with Crippen LogP contribution in [0.3, 0.4) is 0 Å². The highest BCUT2D eigenvalue weighted by Crippen LogP contribution is 2.36. The maximum absolute atomic E-state index is 13.0. The van der Waals surface area contributed by atoms with Crippen LogP contribution in [0.2, 0.25) is 0 Å². The van der Waals surface area contributed by atoms with E-state index in [1.54, 1.807) is 6.07 Å². The Morgan fingerprint density at radius 2 is 1.92 bits per heavy atom. The maximum atomic E-state index is 13.0. The van der Waals surface area contributed by atoms with E-state index in [9.17, 15) is 13.2 Å². The summed E-state index contributed by atoms with van der Waals surface area (Å²) in [7, 11) is -0.407. The number of fused-ring (bicyclic) bond motifs is 1. The summed E-state index contributed by atoms with van der Waals surface area (Å²) in [5.41, 5.74) is 0.908. The van der Waals surface area contributed by atoms with Crippen molar-refractivity contribution in [3.8, 4) is 5.75 Å². The molecule has 8 heteroatoms. The highest BCUT2D eigenvalue weighted by atomic mass is 32.2. The molecule has 3 rings (SSSR count). The number of nitrogens with zero attached hydrogens (tertiary/aromatic N) is 2. The molecule has 2 aliphatic heterocycles. The van der Waals surface area contributed by atoms with Gasteiger partial charge in [-0.25, -0.2) is 13.2 Å². The standard InChI is InChI=1S/C16H22N2O5S/c1-11-8-12-9-13(10-14(15(12)23-11)16(19)22-3)24(20,21)18-6-4-17(2)5-7-18/h9-11H,4-8H2,1-3H3/t11-/m0/s1. The van der Waals surface area contributed by atoms with Gasteiger partial charge in [0, 0.05) is 38.2 Å². The van der Waals surface area contributed by atoms with E-state index in [0.29, 0.717) is 38.3 Å². The third kappa shape index (κ3) is 3.01. The second-order valence-corrected chi connectivity index (χ2v) is 8.23. The van der Waals surface area contributed by atoms with E-state index in [2.05, 4.69) is 4.90 Å². The van der Waals surface area contributed by atoms with Gasteiger partial charge in [-0.2, -0.15) is 4.31 Å². The van der Waals surface area contributed by atoms with Gasteiger partial charge < -0.3 is 14.4 Å². The molecule has 0 radical (unpaired) electrons. The van der Waals surface area contributed by atoms with E-state index in [1.165, 1.54) is 17.5 Å². The van der Waals surface area contributed by atoms with E-state index in [1.807, 2.05) is 14.0 Å². The minimum Gasteiger partial charge on any atom is -0.489 e. The lowest BCUT2D eigenvalue weighted by atomic mass is 10.1. The smallest absolute Gasteiger partial charge is 0.341 e. The summed E-state index contributed by atoms with van der Waals surface area (Å²) in [5.74, 6) is -0.151. The molecule has 0 spiro atoms. The molecule has 1 aromatic rings. The highest BCUT2D eigenvalue weighted by molar-refractivity contribution is 7.89. The summed E-state index contributed by atoms with van der Waals surface area (Å²) >= 11 is 0. The Morgan fingerprint density at radius 3 is 2.54 bits per heavy atom. The first-order valence-corrected chi connectivity index (χ1v) is 9.37. The van der Waals surface area contributed by atoms with Gasteiger partial charge in [0.25, 0.3) is 0 Å². The predicted octanol–water partition coefficient (Wildman–Crippen LogP) is 0.733. The molecule has 1 fully saturated rings. The van der Waals surface area contributed by atoms with Crippen LogP contribution in [-0.4, -0.2) is 70.0 Å². The highest BCUT2D eigenvalue weighted by Gasteiger charge is 2.33. The maximum Gasteiger partial charge on any atom is 0.341 e. The quantitative estimate of drug-likeness (QED) is 0.745. The summed E-state index contributed by atoms with van der Waals surface area (Å²) in [5, 5.41) is 0.